The lowest BCUT2D eigenvalue weighted by molar-refractivity contribution is 0.624. The van der Waals surface area contributed by atoms with Gasteiger partial charge in [-0.1, -0.05) is 11.3 Å². The molecule has 94 valence electrons. The van der Waals surface area contributed by atoms with Crippen LogP contribution in [0.2, 0.25) is 0 Å². The summed E-state index contributed by atoms with van der Waals surface area (Å²) in [4.78, 5) is 12.3. The van der Waals surface area contributed by atoms with Crippen LogP contribution in [0, 0.1) is 0 Å². The van der Waals surface area contributed by atoms with Gasteiger partial charge in [0.05, 0.1) is 5.56 Å². The quantitative estimate of drug-likeness (QED) is 0.842. The molecule has 0 saturated heterocycles. The molecule has 0 aromatic carbocycles. The van der Waals surface area contributed by atoms with Gasteiger partial charge in [0.1, 0.15) is 0 Å². The predicted octanol–water partition coefficient (Wildman–Crippen LogP) is 1.36. The largest absolute Gasteiger partial charge is 0.374 e. The van der Waals surface area contributed by atoms with Crippen molar-refractivity contribution >= 4 is 16.5 Å². The number of nitrogens with two attached hydrogens (primary N) is 1. The molecule has 1 aliphatic rings. The van der Waals surface area contributed by atoms with Crippen LogP contribution in [0.15, 0.2) is 10.9 Å². The number of fused-ring (bicyclic) bond motifs is 1. The van der Waals surface area contributed by atoms with E-state index in [2.05, 4.69) is 10.2 Å². The first-order chi connectivity index (χ1) is 8.66. The number of hydrogen-bond donors (Lipinski definition) is 1. The third-order valence-corrected chi connectivity index (χ3v) is 4.20. The average Bonchev–Trinajstić information content (AvgIpc) is 2.80. The fourth-order valence-corrected chi connectivity index (χ4v) is 3.10. The SMILES string of the molecule is Cn1c2c(cc(-c3nnc(N)s3)c1=O)CCCC2. The Labute approximate surface area is 108 Å². The van der Waals surface area contributed by atoms with Crippen LogP contribution in [-0.2, 0) is 19.9 Å². The standard InChI is InChI=1S/C12H14N4OS/c1-16-9-5-3-2-4-7(9)6-8(11(16)17)10-14-15-12(13)18-10/h6H,2-5H2,1H3,(H2,13,15). The Bertz CT molecular complexity index is 659. The van der Waals surface area contributed by atoms with Crippen LogP contribution >= 0.6 is 11.3 Å². The zero-order valence-electron chi connectivity index (χ0n) is 10.1. The molecule has 3 rings (SSSR count). The zero-order chi connectivity index (χ0) is 12.7. The van der Waals surface area contributed by atoms with E-state index in [0.29, 0.717) is 15.7 Å². The van der Waals surface area contributed by atoms with Gasteiger partial charge in [0.15, 0.2) is 5.01 Å². The zero-order valence-corrected chi connectivity index (χ0v) is 11.0. The highest BCUT2D eigenvalue weighted by Crippen LogP contribution is 2.26. The Morgan fingerprint density at radius 2 is 2.11 bits per heavy atom. The molecule has 2 heterocycles. The second-order valence-corrected chi connectivity index (χ2v) is 5.56. The first-order valence-corrected chi connectivity index (χ1v) is 6.79. The van der Waals surface area contributed by atoms with E-state index in [0.717, 1.165) is 25.0 Å². The molecule has 0 aliphatic heterocycles. The van der Waals surface area contributed by atoms with Gasteiger partial charge in [-0.3, -0.25) is 4.79 Å². The number of hydrogen-bond acceptors (Lipinski definition) is 5. The van der Waals surface area contributed by atoms with Crippen molar-refractivity contribution in [1.29, 1.82) is 0 Å². The Morgan fingerprint density at radius 3 is 2.83 bits per heavy atom. The highest BCUT2D eigenvalue weighted by Gasteiger charge is 2.18. The number of aromatic nitrogens is 3. The first-order valence-electron chi connectivity index (χ1n) is 5.98. The molecule has 0 fully saturated rings. The minimum absolute atomic E-state index is 0.00759. The van der Waals surface area contributed by atoms with Crippen molar-refractivity contribution in [3.05, 3.63) is 27.7 Å². The molecular formula is C12H14N4OS. The topological polar surface area (TPSA) is 73.8 Å². The monoisotopic (exact) mass is 262 g/mol. The van der Waals surface area contributed by atoms with E-state index < -0.39 is 0 Å². The normalized spacial score (nSPS) is 14.5. The number of pyridine rings is 1. The van der Waals surface area contributed by atoms with Gasteiger partial charge in [-0.05, 0) is 37.3 Å². The van der Waals surface area contributed by atoms with Crippen LogP contribution in [0.1, 0.15) is 24.1 Å². The lowest BCUT2D eigenvalue weighted by Crippen LogP contribution is -2.25. The van der Waals surface area contributed by atoms with Crippen LogP contribution in [0.4, 0.5) is 5.13 Å². The molecule has 0 radical (unpaired) electrons. The summed E-state index contributed by atoms with van der Waals surface area (Å²) < 4.78 is 1.75. The average molecular weight is 262 g/mol. The predicted molar refractivity (Wildman–Crippen MR) is 71.6 cm³/mol. The lowest BCUT2D eigenvalue weighted by atomic mass is 9.94. The highest BCUT2D eigenvalue weighted by atomic mass is 32.1. The third kappa shape index (κ3) is 1.73. The van der Waals surface area contributed by atoms with Gasteiger partial charge < -0.3 is 10.3 Å². The Balaban J connectivity index is 2.22. The van der Waals surface area contributed by atoms with Crippen LogP contribution < -0.4 is 11.3 Å². The van der Waals surface area contributed by atoms with E-state index in [1.165, 1.54) is 23.3 Å². The van der Waals surface area contributed by atoms with Gasteiger partial charge in [-0.2, -0.15) is 0 Å². The molecule has 2 aromatic rings. The molecule has 5 nitrogen and oxygen atoms in total. The summed E-state index contributed by atoms with van der Waals surface area (Å²) in [5.74, 6) is 0. The van der Waals surface area contributed by atoms with E-state index in [-0.39, 0.29) is 5.56 Å². The molecular weight excluding hydrogens is 248 g/mol. The van der Waals surface area contributed by atoms with Gasteiger partial charge in [0.25, 0.3) is 5.56 Å². The minimum Gasteiger partial charge on any atom is -0.374 e. The van der Waals surface area contributed by atoms with Crippen molar-refractivity contribution in [2.45, 2.75) is 25.7 Å². The van der Waals surface area contributed by atoms with Gasteiger partial charge >= 0.3 is 0 Å². The summed E-state index contributed by atoms with van der Waals surface area (Å²) in [6, 6.07) is 1.97. The maximum absolute atomic E-state index is 12.3. The van der Waals surface area contributed by atoms with Crippen LogP contribution in [0.25, 0.3) is 10.6 Å². The summed E-state index contributed by atoms with van der Waals surface area (Å²) in [6.07, 6.45) is 4.36. The van der Waals surface area contributed by atoms with Crippen molar-refractivity contribution in [3.63, 3.8) is 0 Å². The number of anilines is 1. The van der Waals surface area contributed by atoms with Gasteiger partial charge in [0.2, 0.25) is 5.13 Å². The number of aryl methyl sites for hydroxylation is 1. The molecule has 0 amide bonds. The fraction of sp³-hybridized carbons (Fsp3) is 0.417. The molecule has 0 saturated carbocycles. The lowest BCUT2D eigenvalue weighted by Gasteiger charge is -2.19. The number of rotatable bonds is 1. The summed E-state index contributed by atoms with van der Waals surface area (Å²) in [7, 11) is 1.83. The fourth-order valence-electron chi connectivity index (χ4n) is 2.49. The van der Waals surface area contributed by atoms with Crippen molar-refractivity contribution in [2.75, 3.05) is 5.73 Å². The van der Waals surface area contributed by atoms with Crippen LogP contribution in [-0.4, -0.2) is 14.8 Å². The number of nitrogen functional groups attached to an aromatic ring is 1. The Kier molecular flexibility index (Phi) is 2.66. The molecule has 2 aromatic heterocycles. The molecule has 0 atom stereocenters. The second kappa shape index (κ2) is 4.20. The van der Waals surface area contributed by atoms with E-state index >= 15 is 0 Å². The molecule has 6 heteroatoms. The Morgan fingerprint density at radius 1 is 1.33 bits per heavy atom. The second-order valence-electron chi connectivity index (χ2n) is 4.55. The maximum Gasteiger partial charge on any atom is 0.260 e. The van der Waals surface area contributed by atoms with E-state index in [1.54, 1.807) is 4.57 Å². The number of nitrogens with zero attached hydrogens (tertiary/aromatic N) is 3. The van der Waals surface area contributed by atoms with Gasteiger partial charge in [-0.15, -0.1) is 10.2 Å². The van der Waals surface area contributed by atoms with Crippen molar-refractivity contribution in [2.24, 2.45) is 7.05 Å². The van der Waals surface area contributed by atoms with E-state index in [1.807, 2.05) is 13.1 Å². The molecule has 0 spiro atoms. The summed E-state index contributed by atoms with van der Waals surface area (Å²) >= 11 is 1.26. The third-order valence-electron chi connectivity index (χ3n) is 3.41. The molecule has 1 aliphatic carbocycles. The molecule has 0 bridgehead atoms. The summed E-state index contributed by atoms with van der Waals surface area (Å²) in [6.45, 7) is 0. The van der Waals surface area contributed by atoms with Crippen molar-refractivity contribution in [1.82, 2.24) is 14.8 Å². The highest BCUT2D eigenvalue weighted by molar-refractivity contribution is 7.18. The Hall–Kier alpha value is -1.69. The van der Waals surface area contributed by atoms with E-state index in [9.17, 15) is 4.79 Å². The van der Waals surface area contributed by atoms with Crippen LogP contribution in [0.3, 0.4) is 0 Å². The molecule has 18 heavy (non-hydrogen) atoms. The minimum atomic E-state index is -0.00759. The van der Waals surface area contributed by atoms with Gasteiger partial charge in [0, 0.05) is 12.7 Å². The smallest absolute Gasteiger partial charge is 0.260 e. The van der Waals surface area contributed by atoms with E-state index in [4.69, 9.17) is 5.73 Å². The first kappa shape index (κ1) is 11.4. The van der Waals surface area contributed by atoms with Crippen molar-refractivity contribution in [3.8, 4) is 10.6 Å². The maximum atomic E-state index is 12.3. The van der Waals surface area contributed by atoms with Crippen molar-refractivity contribution < 1.29 is 0 Å². The summed E-state index contributed by atoms with van der Waals surface area (Å²) in [5.41, 5.74) is 8.60. The molecule has 0 unspecified atom stereocenters. The van der Waals surface area contributed by atoms with Crippen LogP contribution in [0.5, 0.6) is 0 Å². The molecule has 2 N–H and O–H groups in total. The summed E-state index contributed by atoms with van der Waals surface area (Å²) in [5, 5.41) is 8.75. The van der Waals surface area contributed by atoms with Gasteiger partial charge in [-0.25, -0.2) is 0 Å².